The molecule has 0 amide bonds. The molecular formula is C17H24O2. The van der Waals surface area contributed by atoms with Crippen LogP contribution in [0.5, 0.6) is 11.5 Å². The Morgan fingerprint density at radius 2 is 2.11 bits per heavy atom. The predicted octanol–water partition coefficient (Wildman–Crippen LogP) is 4.90. The molecule has 0 saturated carbocycles. The minimum absolute atomic E-state index is 0.352. The smallest absolute Gasteiger partial charge is 0.231 e. The fourth-order valence-corrected chi connectivity index (χ4v) is 2.71. The Morgan fingerprint density at radius 3 is 2.84 bits per heavy atom. The van der Waals surface area contributed by atoms with Crippen molar-refractivity contribution in [2.24, 2.45) is 5.92 Å². The van der Waals surface area contributed by atoms with Crippen LogP contribution in [-0.2, 0) is 0 Å². The summed E-state index contributed by atoms with van der Waals surface area (Å²) in [5, 5.41) is 0. The summed E-state index contributed by atoms with van der Waals surface area (Å²) in [6, 6.07) is 6.37. The van der Waals surface area contributed by atoms with Gasteiger partial charge in [-0.1, -0.05) is 26.0 Å². The molecule has 1 aromatic carbocycles. The molecule has 1 heterocycles. The van der Waals surface area contributed by atoms with Crippen molar-refractivity contribution in [1.29, 1.82) is 0 Å². The summed E-state index contributed by atoms with van der Waals surface area (Å²) in [6.45, 7) is 8.74. The van der Waals surface area contributed by atoms with E-state index in [0.29, 0.717) is 12.7 Å². The van der Waals surface area contributed by atoms with Crippen LogP contribution >= 0.6 is 0 Å². The van der Waals surface area contributed by atoms with E-state index in [9.17, 15) is 0 Å². The summed E-state index contributed by atoms with van der Waals surface area (Å²) in [5.41, 5.74) is 1.37. The molecule has 1 aliphatic rings. The summed E-state index contributed by atoms with van der Waals surface area (Å²) in [6.07, 6.45) is 6.74. The average molecular weight is 260 g/mol. The topological polar surface area (TPSA) is 18.5 Å². The van der Waals surface area contributed by atoms with Crippen LogP contribution in [0.25, 0.3) is 0 Å². The van der Waals surface area contributed by atoms with Gasteiger partial charge in [0, 0.05) is 0 Å². The molecule has 2 nitrogen and oxygen atoms in total. The van der Waals surface area contributed by atoms with Crippen LogP contribution in [0.4, 0.5) is 0 Å². The minimum atomic E-state index is 0.352. The molecule has 104 valence electrons. The van der Waals surface area contributed by atoms with Crippen molar-refractivity contribution in [3.8, 4) is 11.5 Å². The summed E-state index contributed by atoms with van der Waals surface area (Å²) in [5.74, 6) is 3.11. The second kappa shape index (κ2) is 6.65. The highest BCUT2D eigenvalue weighted by atomic mass is 16.7. The van der Waals surface area contributed by atoms with Gasteiger partial charge in [0.2, 0.25) is 6.79 Å². The number of ether oxygens (including phenoxy) is 2. The highest BCUT2D eigenvalue weighted by molar-refractivity contribution is 5.45. The lowest BCUT2D eigenvalue weighted by atomic mass is 9.86. The van der Waals surface area contributed by atoms with Gasteiger partial charge in [0.15, 0.2) is 11.5 Å². The molecule has 0 fully saturated rings. The van der Waals surface area contributed by atoms with Gasteiger partial charge in [-0.15, -0.1) is 6.58 Å². The van der Waals surface area contributed by atoms with E-state index in [1.807, 2.05) is 12.1 Å². The highest BCUT2D eigenvalue weighted by Gasteiger charge is 2.18. The molecule has 1 aromatic rings. The van der Waals surface area contributed by atoms with Gasteiger partial charge in [0.1, 0.15) is 0 Å². The van der Waals surface area contributed by atoms with Gasteiger partial charge in [-0.3, -0.25) is 0 Å². The number of benzene rings is 1. The van der Waals surface area contributed by atoms with Gasteiger partial charge < -0.3 is 9.47 Å². The third-order valence-electron chi connectivity index (χ3n) is 3.91. The highest BCUT2D eigenvalue weighted by Crippen LogP contribution is 2.37. The number of allylic oxidation sites excluding steroid dienone is 1. The molecule has 0 spiro atoms. The van der Waals surface area contributed by atoms with Crippen molar-refractivity contribution in [1.82, 2.24) is 0 Å². The lowest BCUT2D eigenvalue weighted by Crippen LogP contribution is -2.04. The van der Waals surface area contributed by atoms with Gasteiger partial charge in [-0.25, -0.2) is 0 Å². The van der Waals surface area contributed by atoms with E-state index >= 15 is 0 Å². The van der Waals surface area contributed by atoms with Gasteiger partial charge in [0.25, 0.3) is 0 Å². The average Bonchev–Trinajstić information content (AvgIpc) is 2.89. The number of hydrogen-bond acceptors (Lipinski definition) is 2. The van der Waals surface area contributed by atoms with Crippen molar-refractivity contribution in [3.63, 3.8) is 0 Å². The molecule has 19 heavy (non-hydrogen) atoms. The lowest BCUT2D eigenvalue weighted by molar-refractivity contribution is 0.174. The maximum absolute atomic E-state index is 5.47. The van der Waals surface area contributed by atoms with E-state index in [1.54, 1.807) is 0 Å². The molecule has 0 aliphatic carbocycles. The lowest BCUT2D eigenvalue weighted by Gasteiger charge is -2.20. The molecule has 0 aromatic heterocycles. The van der Waals surface area contributed by atoms with Gasteiger partial charge in [0.05, 0.1) is 0 Å². The van der Waals surface area contributed by atoms with Crippen molar-refractivity contribution < 1.29 is 9.47 Å². The van der Waals surface area contributed by atoms with E-state index < -0.39 is 0 Å². The number of fused-ring (bicyclic) bond motifs is 1. The fraction of sp³-hybridized carbons (Fsp3) is 0.529. The second-order valence-electron chi connectivity index (χ2n) is 5.42. The molecule has 2 atom stereocenters. The van der Waals surface area contributed by atoms with Crippen LogP contribution in [0.2, 0.25) is 0 Å². The normalized spacial score (nSPS) is 16.1. The minimum Gasteiger partial charge on any atom is -0.454 e. The van der Waals surface area contributed by atoms with Crippen molar-refractivity contribution in [2.75, 3.05) is 6.79 Å². The predicted molar refractivity (Wildman–Crippen MR) is 78.8 cm³/mol. The first-order valence-electron chi connectivity index (χ1n) is 7.25. The molecule has 1 aliphatic heterocycles. The third kappa shape index (κ3) is 3.52. The first kappa shape index (κ1) is 14.0. The Bertz CT molecular complexity index is 425. The Balaban J connectivity index is 2.02. The molecule has 0 bridgehead atoms. The molecule has 0 N–H and O–H groups in total. The van der Waals surface area contributed by atoms with Crippen molar-refractivity contribution in [2.45, 2.75) is 45.4 Å². The van der Waals surface area contributed by atoms with E-state index in [2.05, 4.69) is 32.6 Å². The molecule has 2 heteroatoms. The van der Waals surface area contributed by atoms with Crippen LogP contribution in [0.3, 0.4) is 0 Å². The van der Waals surface area contributed by atoms with Crippen LogP contribution in [0.15, 0.2) is 30.9 Å². The number of hydrogen-bond donors (Lipinski definition) is 0. The Kier molecular flexibility index (Phi) is 4.89. The molecule has 1 unspecified atom stereocenters. The van der Waals surface area contributed by atoms with Crippen LogP contribution in [0, 0.1) is 5.92 Å². The first-order chi connectivity index (χ1) is 9.24. The zero-order valence-electron chi connectivity index (χ0n) is 12.0. The largest absolute Gasteiger partial charge is 0.454 e. The standard InChI is InChI=1S/C17H24O2/c1-4-6-7-13(3)10-14(5-2)15-8-9-16-17(11-15)19-12-18-16/h4,8-9,11,13-14H,1,5-7,10,12H2,2-3H3/t13-,14?/m0/s1. The SMILES string of the molecule is C=CCC[C@H](C)CC(CC)c1ccc2c(c1)OCO2. The zero-order chi connectivity index (χ0) is 13.7. The van der Waals surface area contributed by atoms with Crippen LogP contribution in [-0.4, -0.2) is 6.79 Å². The van der Waals surface area contributed by atoms with Crippen LogP contribution in [0.1, 0.15) is 51.0 Å². The maximum atomic E-state index is 5.47. The molecular weight excluding hydrogens is 236 g/mol. The summed E-state index contributed by atoms with van der Waals surface area (Å²) in [4.78, 5) is 0. The maximum Gasteiger partial charge on any atom is 0.231 e. The number of rotatable bonds is 7. The second-order valence-corrected chi connectivity index (χ2v) is 5.42. The Labute approximate surface area is 116 Å². The van der Waals surface area contributed by atoms with E-state index in [-0.39, 0.29) is 0 Å². The van der Waals surface area contributed by atoms with Crippen LogP contribution < -0.4 is 9.47 Å². The monoisotopic (exact) mass is 260 g/mol. The summed E-state index contributed by atoms with van der Waals surface area (Å²) < 4.78 is 10.8. The van der Waals surface area contributed by atoms with E-state index in [0.717, 1.165) is 30.3 Å². The summed E-state index contributed by atoms with van der Waals surface area (Å²) >= 11 is 0. The first-order valence-corrected chi connectivity index (χ1v) is 7.25. The molecule has 2 rings (SSSR count). The molecule has 0 saturated heterocycles. The van der Waals surface area contributed by atoms with Crippen molar-refractivity contribution in [3.05, 3.63) is 36.4 Å². The Morgan fingerprint density at radius 1 is 1.32 bits per heavy atom. The quantitative estimate of drug-likeness (QED) is 0.649. The van der Waals surface area contributed by atoms with Gasteiger partial charge >= 0.3 is 0 Å². The fourth-order valence-electron chi connectivity index (χ4n) is 2.71. The summed E-state index contributed by atoms with van der Waals surface area (Å²) in [7, 11) is 0. The van der Waals surface area contributed by atoms with E-state index in [1.165, 1.54) is 18.4 Å². The third-order valence-corrected chi connectivity index (χ3v) is 3.91. The van der Waals surface area contributed by atoms with Gasteiger partial charge in [-0.2, -0.15) is 0 Å². The Hall–Kier alpha value is -1.44. The zero-order valence-corrected chi connectivity index (χ0v) is 12.0. The van der Waals surface area contributed by atoms with Gasteiger partial charge in [-0.05, 0) is 55.2 Å². The van der Waals surface area contributed by atoms with Crippen molar-refractivity contribution >= 4 is 0 Å². The molecule has 0 radical (unpaired) electrons. The van der Waals surface area contributed by atoms with E-state index in [4.69, 9.17) is 9.47 Å².